The fraction of sp³-hybridized carbons (Fsp3) is 0.667. The molecular formula is C15H23ClN4O. The number of carbonyl (C=O) groups is 1. The van der Waals surface area contributed by atoms with Gasteiger partial charge in [0.1, 0.15) is 0 Å². The lowest BCUT2D eigenvalue weighted by atomic mass is 10.1. The van der Waals surface area contributed by atoms with Crippen LogP contribution in [0.1, 0.15) is 43.6 Å². The van der Waals surface area contributed by atoms with Crippen molar-refractivity contribution in [1.29, 1.82) is 0 Å². The molecule has 1 aromatic rings. The van der Waals surface area contributed by atoms with Crippen LogP contribution in [0.2, 0.25) is 5.02 Å². The Balaban J connectivity index is 2.13. The second-order valence-corrected chi connectivity index (χ2v) is 6.38. The predicted octanol–water partition coefficient (Wildman–Crippen LogP) is 2.85. The molecule has 1 fully saturated rings. The molecule has 0 N–H and O–H groups in total. The lowest BCUT2D eigenvalue weighted by Gasteiger charge is -2.20. The maximum atomic E-state index is 12.5. The highest BCUT2D eigenvalue weighted by molar-refractivity contribution is 6.33. The van der Waals surface area contributed by atoms with Crippen molar-refractivity contribution in [2.45, 2.75) is 33.1 Å². The third-order valence-electron chi connectivity index (χ3n) is 3.71. The van der Waals surface area contributed by atoms with Crippen LogP contribution < -0.4 is 4.90 Å². The Morgan fingerprint density at radius 2 is 2.10 bits per heavy atom. The van der Waals surface area contributed by atoms with Gasteiger partial charge in [0.25, 0.3) is 5.91 Å². The average Bonchev–Trinajstić information content (AvgIpc) is 2.98. The van der Waals surface area contributed by atoms with Gasteiger partial charge in [-0.15, -0.1) is 0 Å². The molecule has 0 aromatic carbocycles. The molecule has 2 rings (SSSR count). The number of hydrogen-bond donors (Lipinski definition) is 0. The normalized spacial score (nSPS) is 14.8. The van der Waals surface area contributed by atoms with Gasteiger partial charge in [-0.25, -0.2) is 9.97 Å². The molecule has 1 aromatic heterocycles. The largest absolute Gasteiger partial charge is 0.341 e. The van der Waals surface area contributed by atoms with Crippen molar-refractivity contribution in [2.24, 2.45) is 5.92 Å². The maximum absolute atomic E-state index is 12.5. The molecule has 0 saturated carbocycles. The van der Waals surface area contributed by atoms with Crippen molar-refractivity contribution in [3.8, 4) is 0 Å². The Bertz CT molecular complexity index is 500. The van der Waals surface area contributed by atoms with Crippen LogP contribution in [-0.2, 0) is 0 Å². The van der Waals surface area contributed by atoms with Crippen LogP contribution in [0.25, 0.3) is 0 Å². The molecule has 0 atom stereocenters. The van der Waals surface area contributed by atoms with Gasteiger partial charge in [-0.3, -0.25) is 4.79 Å². The maximum Gasteiger partial charge on any atom is 0.273 e. The molecule has 6 heteroatoms. The summed E-state index contributed by atoms with van der Waals surface area (Å²) in [6, 6.07) is 0. The van der Waals surface area contributed by atoms with Crippen LogP contribution in [0.15, 0.2) is 6.20 Å². The first-order valence-electron chi connectivity index (χ1n) is 7.52. The number of anilines is 1. The van der Waals surface area contributed by atoms with Crippen LogP contribution >= 0.6 is 11.6 Å². The second-order valence-electron chi connectivity index (χ2n) is 5.97. The molecule has 1 saturated heterocycles. The quantitative estimate of drug-likeness (QED) is 0.839. The zero-order valence-corrected chi connectivity index (χ0v) is 13.7. The van der Waals surface area contributed by atoms with Gasteiger partial charge in [-0.05, 0) is 25.2 Å². The Hall–Kier alpha value is -1.36. The monoisotopic (exact) mass is 310 g/mol. The molecule has 116 valence electrons. The van der Waals surface area contributed by atoms with Crippen molar-refractivity contribution >= 4 is 23.5 Å². The zero-order valence-electron chi connectivity index (χ0n) is 13.0. The molecule has 0 radical (unpaired) electrons. The van der Waals surface area contributed by atoms with E-state index in [9.17, 15) is 4.79 Å². The Morgan fingerprint density at radius 1 is 1.43 bits per heavy atom. The molecule has 5 nitrogen and oxygen atoms in total. The number of rotatable bonds is 5. The molecule has 1 aliphatic rings. The summed E-state index contributed by atoms with van der Waals surface area (Å²) in [6.07, 6.45) is 4.78. The average molecular weight is 311 g/mol. The van der Waals surface area contributed by atoms with Gasteiger partial charge >= 0.3 is 0 Å². The van der Waals surface area contributed by atoms with E-state index >= 15 is 0 Å². The third kappa shape index (κ3) is 4.06. The van der Waals surface area contributed by atoms with Crippen LogP contribution in [0, 0.1) is 5.92 Å². The Labute approximate surface area is 131 Å². The molecule has 0 bridgehead atoms. The van der Waals surface area contributed by atoms with Crippen molar-refractivity contribution in [3.63, 3.8) is 0 Å². The summed E-state index contributed by atoms with van der Waals surface area (Å²) < 4.78 is 0. The fourth-order valence-electron chi connectivity index (χ4n) is 2.31. The molecular weight excluding hydrogens is 288 g/mol. The number of halogens is 1. The first-order chi connectivity index (χ1) is 9.99. The van der Waals surface area contributed by atoms with Gasteiger partial charge in [0.2, 0.25) is 5.95 Å². The highest BCUT2D eigenvalue weighted by atomic mass is 35.5. The highest BCUT2D eigenvalue weighted by Gasteiger charge is 2.21. The Morgan fingerprint density at radius 3 is 2.71 bits per heavy atom. The minimum atomic E-state index is -0.136. The van der Waals surface area contributed by atoms with Crippen LogP contribution in [0.4, 0.5) is 5.95 Å². The highest BCUT2D eigenvalue weighted by Crippen LogP contribution is 2.21. The van der Waals surface area contributed by atoms with Crippen molar-refractivity contribution in [1.82, 2.24) is 14.9 Å². The van der Waals surface area contributed by atoms with Crippen LogP contribution in [-0.4, -0.2) is 47.5 Å². The summed E-state index contributed by atoms with van der Waals surface area (Å²) in [5.74, 6) is 1.03. The van der Waals surface area contributed by atoms with Gasteiger partial charge in [0.15, 0.2) is 5.69 Å². The number of nitrogens with zero attached hydrogens (tertiary/aromatic N) is 4. The van der Waals surface area contributed by atoms with E-state index in [2.05, 4.69) is 28.7 Å². The van der Waals surface area contributed by atoms with Crippen molar-refractivity contribution in [3.05, 3.63) is 16.9 Å². The molecule has 0 aliphatic carbocycles. The van der Waals surface area contributed by atoms with Gasteiger partial charge < -0.3 is 9.80 Å². The fourth-order valence-corrected chi connectivity index (χ4v) is 2.48. The third-order valence-corrected chi connectivity index (χ3v) is 3.99. The van der Waals surface area contributed by atoms with E-state index in [0.717, 1.165) is 32.4 Å². The van der Waals surface area contributed by atoms with Crippen molar-refractivity contribution < 1.29 is 4.79 Å². The number of aromatic nitrogens is 2. The topological polar surface area (TPSA) is 49.3 Å². The lowest BCUT2D eigenvalue weighted by Crippen LogP contribution is -2.30. The minimum Gasteiger partial charge on any atom is -0.341 e. The number of amides is 1. The van der Waals surface area contributed by atoms with E-state index in [-0.39, 0.29) is 5.91 Å². The van der Waals surface area contributed by atoms with Crippen LogP contribution in [0.5, 0.6) is 0 Å². The number of carbonyl (C=O) groups excluding carboxylic acids is 1. The van der Waals surface area contributed by atoms with Gasteiger partial charge in [-0.2, -0.15) is 0 Å². The van der Waals surface area contributed by atoms with E-state index in [1.165, 1.54) is 6.20 Å². The summed E-state index contributed by atoms with van der Waals surface area (Å²) in [5, 5.41) is 0.319. The van der Waals surface area contributed by atoms with E-state index < -0.39 is 0 Å². The smallest absolute Gasteiger partial charge is 0.273 e. The summed E-state index contributed by atoms with van der Waals surface area (Å²) >= 11 is 6.11. The number of hydrogen-bond acceptors (Lipinski definition) is 4. The SMILES string of the molecule is CC(C)CCN(C)C(=O)c1nc(N2CCCC2)ncc1Cl. The summed E-state index contributed by atoms with van der Waals surface area (Å²) in [4.78, 5) is 24.9. The molecule has 21 heavy (non-hydrogen) atoms. The van der Waals surface area contributed by atoms with E-state index in [0.29, 0.717) is 29.1 Å². The van der Waals surface area contributed by atoms with Crippen molar-refractivity contribution in [2.75, 3.05) is 31.6 Å². The first kappa shape index (κ1) is 16.0. The van der Waals surface area contributed by atoms with Gasteiger partial charge in [0.05, 0.1) is 11.2 Å². The van der Waals surface area contributed by atoms with Gasteiger partial charge in [-0.1, -0.05) is 25.4 Å². The van der Waals surface area contributed by atoms with Gasteiger partial charge in [0, 0.05) is 26.7 Å². The standard InChI is InChI=1S/C15H23ClN4O/c1-11(2)6-9-19(3)14(21)13-12(16)10-17-15(18-13)20-7-4-5-8-20/h10-11H,4-9H2,1-3H3. The molecule has 1 amide bonds. The molecule has 0 spiro atoms. The molecule has 1 aliphatic heterocycles. The van der Waals surface area contributed by atoms with Crippen LogP contribution in [0.3, 0.4) is 0 Å². The van der Waals surface area contributed by atoms with E-state index in [4.69, 9.17) is 11.6 Å². The second kappa shape index (κ2) is 7.07. The summed E-state index contributed by atoms with van der Waals surface area (Å²) in [6.45, 7) is 6.87. The predicted molar refractivity (Wildman–Crippen MR) is 84.9 cm³/mol. The first-order valence-corrected chi connectivity index (χ1v) is 7.89. The minimum absolute atomic E-state index is 0.136. The molecule has 0 unspecified atom stereocenters. The Kier molecular flexibility index (Phi) is 5.39. The summed E-state index contributed by atoms with van der Waals surface area (Å²) in [5.41, 5.74) is 0.305. The summed E-state index contributed by atoms with van der Waals surface area (Å²) in [7, 11) is 1.79. The lowest BCUT2D eigenvalue weighted by molar-refractivity contribution is 0.0783. The zero-order chi connectivity index (χ0) is 15.4. The molecule has 2 heterocycles. The van der Waals surface area contributed by atoms with E-state index in [1.54, 1.807) is 11.9 Å². The van der Waals surface area contributed by atoms with E-state index in [1.807, 2.05) is 0 Å².